The van der Waals surface area contributed by atoms with E-state index in [2.05, 4.69) is 27.2 Å². The molecule has 2 N–H and O–H groups in total. The predicted octanol–water partition coefficient (Wildman–Crippen LogP) is 3.85. The Hall–Kier alpha value is -2.15. The number of rotatable bonds is 3. The van der Waals surface area contributed by atoms with Gasteiger partial charge < -0.3 is 5.32 Å². The number of aliphatic imine (C=N–C) groups is 1. The van der Waals surface area contributed by atoms with Crippen molar-refractivity contribution in [1.82, 2.24) is 10.3 Å². The third-order valence-corrected chi connectivity index (χ3v) is 3.01. The van der Waals surface area contributed by atoms with E-state index < -0.39 is 11.9 Å². The average Bonchev–Trinajstić information content (AvgIpc) is 2.56. The highest BCUT2D eigenvalue weighted by Gasteiger charge is 2.32. The number of dihydropyridines is 1. The van der Waals surface area contributed by atoms with Gasteiger partial charge in [0.1, 0.15) is 17.7 Å². The van der Waals surface area contributed by atoms with Crippen LogP contribution >= 0.6 is 0 Å². The van der Waals surface area contributed by atoms with E-state index in [1.165, 1.54) is 6.07 Å². The molecule has 0 fully saturated rings. The second-order valence-electron chi connectivity index (χ2n) is 4.47. The van der Waals surface area contributed by atoms with Crippen LogP contribution in [0, 0.1) is 5.92 Å². The molecule has 7 heteroatoms. The molecule has 1 aliphatic rings. The lowest BCUT2D eigenvalue weighted by molar-refractivity contribution is -0.141. The fraction of sp³-hybridized carbons (Fsp3) is 0.375. The maximum Gasteiger partial charge on any atom is 0.433 e. The maximum absolute atomic E-state index is 12.4. The van der Waals surface area contributed by atoms with Crippen molar-refractivity contribution in [2.75, 3.05) is 12.4 Å². The van der Waals surface area contributed by atoms with Crippen LogP contribution in [0.5, 0.6) is 0 Å². The third-order valence-electron chi connectivity index (χ3n) is 3.01. The molecule has 0 aliphatic carbocycles. The molecule has 2 atom stereocenters. The smallest absolute Gasteiger partial charge is 0.339 e. The van der Waals surface area contributed by atoms with E-state index in [9.17, 15) is 13.2 Å². The molecule has 0 radical (unpaired) electrons. The van der Waals surface area contributed by atoms with E-state index in [4.69, 9.17) is 0 Å². The zero-order valence-electron chi connectivity index (χ0n) is 13.4. The number of nitrogens with one attached hydrogen (secondary N) is 2. The van der Waals surface area contributed by atoms with Crippen LogP contribution in [0.25, 0.3) is 0 Å². The normalized spacial score (nSPS) is 20.2. The lowest BCUT2D eigenvalue weighted by Gasteiger charge is -2.22. The number of aromatic nitrogens is 1. The molecule has 0 saturated carbocycles. The van der Waals surface area contributed by atoms with E-state index in [0.29, 0.717) is 11.5 Å². The number of anilines is 1. The highest BCUT2D eigenvalue weighted by Crippen LogP contribution is 2.27. The van der Waals surface area contributed by atoms with Crippen molar-refractivity contribution in [3.8, 4) is 0 Å². The summed E-state index contributed by atoms with van der Waals surface area (Å²) in [5, 5.41) is 5.96. The molecule has 1 aromatic rings. The minimum atomic E-state index is -4.44. The van der Waals surface area contributed by atoms with Gasteiger partial charge in [0.05, 0.1) is 11.9 Å². The van der Waals surface area contributed by atoms with Crippen LogP contribution < -0.4 is 10.6 Å². The first kappa shape index (κ1) is 18.9. The van der Waals surface area contributed by atoms with Crippen LogP contribution in [-0.4, -0.2) is 24.0 Å². The number of amidine groups is 1. The first-order valence-electron chi connectivity index (χ1n) is 7.30. The lowest BCUT2D eigenvalue weighted by atomic mass is 10.0. The summed E-state index contributed by atoms with van der Waals surface area (Å²) in [6, 6.07) is 2.25. The van der Waals surface area contributed by atoms with Crippen LogP contribution in [0.2, 0.25) is 0 Å². The molecular weight excluding hydrogens is 305 g/mol. The Kier molecular flexibility index (Phi) is 6.96. The van der Waals surface area contributed by atoms with Gasteiger partial charge in [-0.2, -0.15) is 13.2 Å². The molecule has 1 aromatic heterocycles. The van der Waals surface area contributed by atoms with Crippen LogP contribution in [0.4, 0.5) is 18.9 Å². The minimum Gasteiger partial charge on any atom is -0.339 e. The second kappa shape index (κ2) is 8.47. The van der Waals surface area contributed by atoms with Crippen molar-refractivity contribution in [2.45, 2.75) is 26.2 Å². The van der Waals surface area contributed by atoms with Gasteiger partial charge in [0.2, 0.25) is 0 Å². The molecule has 0 aromatic carbocycles. The van der Waals surface area contributed by atoms with Crippen molar-refractivity contribution in [1.29, 1.82) is 0 Å². The Morgan fingerprint density at radius 2 is 1.96 bits per heavy atom. The quantitative estimate of drug-likeness (QED) is 0.830. The van der Waals surface area contributed by atoms with E-state index in [1.807, 2.05) is 19.9 Å². The molecule has 126 valence electrons. The average molecular weight is 326 g/mol. The standard InChI is InChI=1S/C14H15F3N4.C2H6/c1-3-9-4-7-12(21-13(9)18-2)20-10-5-6-11(19-8-10)14(15,16)17;1-2/h3-9,13,18H,1H2,2H3,(H,20,21);1-2H3. The van der Waals surface area contributed by atoms with Gasteiger partial charge in [0.25, 0.3) is 0 Å². The third kappa shape index (κ3) is 5.21. The first-order chi connectivity index (χ1) is 10.9. The summed E-state index contributed by atoms with van der Waals surface area (Å²) < 4.78 is 37.3. The molecular formula is C16H21F3N4. The highest BCUT2D eigenvalue weighted by molar-refractivity contribution is 6.04. The first-order valence-corrected chi connectivity index (χ1v) is 7.30. The van der Waals surface area contributed by atoms with Crippen molar-refractivity contribution < 1.29 is 13.2 Å². The molecule has 2 rings (SSSR count). The van der Waals surface area contributed by atoms with E-state index >= 15 is 0 Å². The van der Waals surface area contributed by atoms with Crippen LogP contribution in [0.3, 0.4) is 0 Å². The van der Waals surface area contributed by atoms with Gasteiger partial charge in [0.15, 0.2) is 0 Å². The zero-order valence-corrected chi connectivity index (χ0v) is 13.4. The van der Waals surface area contributed by atoms with Crippen LogP contribution in [-0.2, 0) is 6.18 Å². The predicted molar refractivity (Wildman–Crippen MR) is 87.3 cm³/mol. The topological polar surface area (TPSA) is 49.3 Å². The fourth-order valence-electron chi connectivity index (χ4n) is 1.91. The van der Waals surface area contributed by atoms with Gasteiger partial charge in [0, 0.05) is 5.92 Å². The number of nitrogens with zero attached hydrogens (tertiary/aromatic N) is 2. The van der Waals surface area contributed by atoms with Crippen molar-refractivity contribution in [2.24, 2.45) is 10.9 Å². The Morgan fingerprint density at radius 1 is 1.26 bits per heavy atom. The van der Waals surface area contributed by atoms with Crippen LogP contribution in [0.1, 0.15) is 19.5 Å². The Morgan fingerprint density at radius 3 is 2.43 bits per heavy atom. The number of alkyl halides is 3. The summed E-state index contributed by atoms with van der Waals surface area (Å²) in [6.45, 7) is 7.73. The summed E-state index contributed by atoms with van der Waals surface area (Å²) in [6.07, 6.45) is 2.00. The summed E-state index contributed by atoms with van der Waals surface area (Å²) in [5.41, 5.74) is -0.479. The van der Waals surface area contributed by atoms with Gasteiger partial charge in [-0.1, -0.05) is 26.0 Å². The maximum atomic E-state index is 12.4. The van der Waals surface area contributed by atoms with Gasteiger partial charge in [-0.3, -0.25) is 5.32 Å². The molecule has 4 nitrogen and oxygen atoms in total. The lowest BCUT2D eigenvalue weighted by Crippen LogP contribution is -2.34. The van der Waals surface area contributed by atoms with Gasteiger partial charge in [-0.15, -0.1) is 6.58 Å². The molecule has 0 saturated heterocycles. The zero-order chi connectivity index (χ0) is 17.5. The van der Waals surface area contributed by atoms with Gasteiger partial charge in [-0.25, -0.2) is 9.98 Å². The number of hydrogen-bond acceptors (Lipinski definition) is 4. The molecule has 1 aliphatic heterocycles. The van der Waals surface area contributed by atoms with E-state index in [-0.39, 0.29) is 12.1 Å². The highest BCUT2D eigenvalue weighted by atomic mass is 19.4. The van der Waals surface area contributed by atoms with E-state index in [0.717, 1.165) is 12.3 Å². The molecule has 0 spiro atoms. The number of hydrogen-bond donors (Lipinski definition) is 2. The Balaban J connectivity index is 0.00000127. The van der Waals surface area contributed by atoms with Crippen LogP contribution in [0.15, 0.2) is 48.1 Å². The minimum absolute atomic E-state index is 0.0753. The molecule has 2 unspecified atom stereocenters. The molecule has 0 amide bonds. The monoisotopic (exact) mass is 326 g/mol. The Bertz CT molecular complexity index is 562. The second-order valence-corrected chi connectivity index (χ2v) is 4.47. The summed E-state index contributed by atoms with van der Waals surface area (Å²) in [7, 11) is 1.78. The van der Waals surface area contributed by atoms with Gasteiger partial charge >= 0.3 is 6.18 Å². The SMILES string of the molecule is C=CC1C=CC(Nc2ccc(C(F)(F)F)nc2)=NC1NC.CC. The molecule has 23 heavy (non-hydrogen) atoms. The number of halogens is 3. The fourth-order valence-corrected chi connectivity index (χ4v) is 1.91. The summed E-state index contributed by atoms with van der Waals surface area (Å²) >= 11 is 0. The van der Waals surface area contributed by atoms with E-state index in [1.54, 1.807) is 19.2 Å². The van der Waals surface area contributed by atoms with Gasteiger partial charge in [-0.05, 0) is 25.3 Å². The summed E-state index contributed by atoms with van der Waals surface area (Å²) in [5.74, 6) is 0.625. The summed E-state index contributed by atoms with van der Waals surface area (Å²) in [4.78, 5) is 7.79. The van der Waals surface area contributed by atoms with Crippen molar-refractivity contribution in [3.63, 3.8) is 0 Å². The Labute approximate surface area is 134 Å². The number of pyridine rings is 1. The van der Waals surface area contributed by atoms with Crippen molar-refractivity contribution in [3.05, 3.63) is 48.8 Å². The largest absolute Gasteiger partial charge is 0.433 e. The molecule has 0 bridgehead atoms. The molecule has 2 heterocycles. The van der Waals surface area contributed by atoms with Crippen molar-refractivity contribution >= 4 is 11.5 Å².